The molecule has 1 atom stereocenters. The van der Waals surface area contributed by atoms with Gasteiger partial charge in [-0.2, -0.15) is 4.72 Å². The van der Waals surface area contributed by atoms with Gasteiger partial charge in [-0.25, -0.2) is 12.8 Å². The number of amides is 1. The van der Waals surface area contributed by atoms with Crippen molar-refractivity contribution < 1.29 is 17.6 Å². The molecule has 0 aliphatic rings. The Hall–Kier alpha value is -3.03. The van der Waals surface area contributed by atoms with Crippen molar-refractivity contribution in [3.8, 4) is 0 Å². The van der Waals surface area contributed by atoms with E-state index >= 15 is 0 Å². The molecule has 2 N–H and O–H groups in total. The summed E-state index contributed by atoms with van der Waals surface area (Å²) in [7, 11) is -4.03. The minimum absolute atomic E-state index is 0.110. The molecule has 0 radical (unpaired) electrons. The van der Waals surface area contributed by atoms with Crippen LogP contribution in [0.1, 0.15) is 30.9 Å². The number of carbonyl (C=O) groups excluding carboxylic acids is 1. The summed E-state index contributed by atoms with van der Waals surface area (Å²) in [6.45, 7) is 4.15. The summed E-state index contributed by atoms with van der Waals surface area (Å²) in [5, 5.41) is 2.79. The normalized spacial score (nSPS) is 12.5. The van der Waals surface area contributed by atoms with Crippen molar-refractivity contribution in [1.29, 1.82) is 0 Å². The van der Waals surface area contributed by atoms with E-state index in [9.17, 15) is 17.6 Å². The highest BCUT2D eigenvalue weighted by Crippen LogP contribution is 2.18. The number of nitrogens with one attached hydrogen (secondary N) is 2. The highest BCUT2D eigenvalue weighted by atomic mass is 32.2. The Kier molecular flexibility index (Phi) is 7.20. The molecule has 3 aromatic rings. The Balaban J connectivity index is 1.83. The van der Waals surface area contributed by atoms with Crippen molar-refractivity contribution in [3.05, 3.63) is 95.8 Å². The van der Waals surface area contributed by atoms with Gasteiger partial charge in [0, 0.05) is 5.69 Å². The van der Waals surface area contributed by atoms with E-state index in [-0.39, 0.29) is 11.3 Å². The number of benzene rings is 3. The van der Waals surface area contributed by atoms with E-state index in [1.807, 2.05) is 42.5 Å². The molecule has 5 nitrogen and oxygen atoms in total. The third-order valence-corrected chi connectivity index (χ3v) is 6.35. The average Bonchev–Trinajstić information content (AvgIpc) is 2.74. The fourth-order valence-corrected chi connectivity index (χ4v) is 4.28. The van der Waals surface area contributed by atoms with Crippen LogP contribution in [0.5, 0.6) is 0 Å². The molecule has 0 heterocycles. The van der Waals surface area contributed by atoms with Gasteiger partial charge in [-0.3, -0.25) is 4.79 Å². The van der Waals surface area contributed by atoms with E-state index in [2.05, 4.69) is 23.9 Å². The van der Waals surface area contributed by atoms with E-state index in [0.29, 0.717) is 11.6 Å². The lowest BCUT2D eigenvalue weighted by atomic mass is 10.0. The molecule has 0 aliphatic heterocycles. The average molecular weight is 441 g/mol. The molecule has 1 amide bonds. The highest BCUT2D eigenvalue weighted by molar-refractivity contribution is 7.89. The van der Waals surface area contributed by atoms with Crippen LogP contribution in [-0.2, 0) is 21.2 Å². The van der Waals surface area contributed by atoms with Crippen LogP contribution >= 0.6 is 0 Å². The van der Waals surface area contributed by atoms with E-state index in [4.69, 9.17) is 0 Å². The molecule has 31 heavy (non-hydrogen) atoms. The molecule has 0 fully saturated rings. The first-order chi connectivity index (χ1) is 14.7. The summed E-state index contributed by atoms with van der Waals surface area (Å²) in [5.41, 5.74) is 2.52. The van der Waals surface area contributed by atoms with Crippen LogP contribution in [0.2, 0.25) is 0 Å². The number of sulfonamides is 1. The molecule has 3 aromatic carbocycles. The number of hydrogen-bond acceptors (Lipinski definition) is 3. The van der Waals surface area contributed by atoms with Crippen LogP contribution in [-0.4, -0.2) is 20.4 Å². The van der Waals surface area contributed by atoms with Crippen molar-refractivity contribution in [2.24, 2.45) is 0 Å². The van der Waals surface area contributed by atoms with Crippen molar-refractivity contribution in [2.75, 3.05) is 5.32 Å². The predicted octanol–water partition coefficient (Wildman–Crippen LogP) is 4.48. The lowest BCUT2D eigenvalue weighted by Crippen LogP contribution is -2.45. The van der Waals surface area contributed by atoms with Crippen LogP contribution in [0.3, 0.4) is 0 Å². The molecule has 7 heteroatoms. The van der Waals surface area contributed by atoms with Gasteiger partial charge in [0.1, 0.15) is 11.9 Å². The second-order valence-corrected chi connectivity index (χ2v) is 9.30. The van der Waals surface area contributed by atoms with Crippen molar-refractivity contribution in [1.82, 2.24) is 4.72 Å². The van der Waals surface area contributed by atoms with Gasteiger partial charge in [-0.05, 0) is 59.9 Å². The highest BCUT2D eigenvalue weighted by Gasteiger charge is 2.26. The number of rotatable bonds is 8. The second kappa shape index (κ2) is 9.85. The zero-order chi connectivity index (χ0) is 22.4. The van der Waals surface area contributed by atoms with Crippen LogP contribution in [0.4, 0.5) is 10.1 Å². The first-order valence-corrected chi connectivity index (χ1v) is 11.5. The molecule has 1 unspecified atom stereocenters. The largest absolute Gasteiger partial charge is 0.325 e. The quantitative estimate of drug-likeness (QED) is 0.542. The first kappa shape index (κ1) is 22.7. The van der Waals surface area contributed by atoms with Crippen LogP contribution in [0.15, 0.2) is 83.8 Å². The number of carbonyl (C=O) groups is 1. The predicted molar refractivity (Wildman–Crippen MR) is 120 cm³/mol. The van der Waals surface area contributed by atoms with Gasteiger partial charge in [0.2, 0.25) is 15.9 Å². The summed E-state index contributed by atoms with van der Waals surface area (Å²) >= 11 is 0. The number of halogens is 1. The van der Waals surface area contributed by atoms with Gasteiger partial charge >= 0.3 is 0 Å². The second-order valence-electron chi connectivity index (χ2n) is 7.58. The minimum atomic E-state index is -4.03. The third-order valence-electron chi connectivity index (χ3n) is 4.87. The smallest absolute Gasteiger partial charge is 0.242 e. The van der Waals surface area contributed by atoms with Gasteiger partial charge < -0.3 is 5.32 Å². The Morgan fingerprint density at radius 1 is 0.903 bits per heavy atom. The number of anilines is 1. The topological polar surface area (TPSA) is 75.3 Å². The zero-order valence-electron chi connectivity index (χ0n) is 17.4. The molecule has 0 saturated heterocycles. The zero-order valence-corrected chi connectivity index (χ0v) is 18.2. The summed E-state index contributed by atoms with van der Waals surface area (Å²) in [6, 6.07) is 20.0. The minimum Gasteiger partial charge on any atom is -0.325 e. The van der Waals surface area contributed by atoms with Crippen LogP contribution < -0.4 is 10.0 Å². The molecule has 162 valence electrons. The van der Waals surface area contributed by atoms with Gasteiger partial charge in [-0.15, -0.1) is 0 Å². The number of hydrogen-bond donors (Lipinski definition) is 2. The van der Waals surface area contributed by atoms with E-state index < -0.39 is 27.8 Å². The molecule has 0 spiro atoms. The first-order valence-electron chi connectivity index (χ1n) is 9.97. The molecule has 0 saturated carbocycles. The van der Waals surface area contributed by atoms with Gasteiger partial charge in [0.15, 0.2) is 0 Å². The standard InChI is InChI=1S/C24H25FN2O3S/c1-17(2)19-8-12-21(13-9-19)26-24(28)23(16-18-6-4-3-5-7-18)27-31(29,30)22-14-10-20(25)11-15-22/h3-15,17,23,27H,16H2,1-2H3,(H,26,28). The van der Waals surface area contributed by atoms with Crippen LogP contribution in [0, 0.1) is 5.82 Å². The molecule has 0 bridgehead atoms. The summed E-state index contributed by atoms with van der Waals surface area (Å²) in [4.78, 5) is 12.9. The molecule has 3 rings (SSSR count). The third kappa shape index (κ3) is 6.23. The maximum atomic E-state index is 13.2. The summed E-state index contributed by atoms with van der Waals surface area (Å²) in [6.07, 6.45) is 0.164. The Morgan fingerprint density at radius 3 is 2.10 bits per heavy atom. The van der Waals surface area contributed by atoms with Crippen molar-refractivity contribution in [2.45, 2.75) is 37.1 Å². The Morgan fingerprint density at radius 2 is 1.52 bits per heavy atom. The van der Waals surface area contributed by atoms with E-state index in [1.165, 1.54) is 12.1 Å². The monoisotopic (exact) mass is 440 g/mol. The fourth-order valence-electron chi connectivity index (χ4n) is 3.09. The Labute approximate surface area is 182 Å². The van der Waals surface area contributed by atoms with Gasteiger partial charge in [0.25, 0.3) is 0 Å². The van der Waals surface area contributed by atoms with Crippen LogP contribution in [0.25, 0.3) is 0 Å². The van der Waals surface area contributed by atoms with Gasteiger partial charge in [-0.1, -0.05) is 56.3 Å². The van der Waals surface area contributed by atoms with E-state index in [0.717, 1.165) is 23.3 Å². The summed E-state index contributed by atoms with van der Waals surface area (Å²) in [5.74, 6) is -0.660. The summed E-state index contributed by atoms with van der Waals surface area (Å²) < 4.78 is 41.3. The molecular weight excluding hydrogens is 415 g/mol. The molecular formula is C24H25FN2O3S. The molecule has 0 aromatic heterocycles. The van der Waals surface area contributed by atoms with Crippen molar-refractivity contribution in [3.63, 3.8) is 0 Å². The molecule has 0 aliphatic carbocycles. The maximum absolute atomic E-state index is 13.2. The lowest BCUT2D eigenvalue weighted by molar-refractivity contribution is -0.117. The Bertz CT molecular complexity index is 1110. The SMILES string of the molecule is CC(C)c1ccc(NC(=O)C(Cc2ccccc2)NS(=O)(=O)c2ccc(F)cc2)cc1. The lowest BCUT2D eigenvalue weighted by Gasteiger charge is -2.19. The fraction of sp³-hybridized carbons (Fsp3) is 0.208. The van der Waals surface area contributed by atoms with Gasteiger partial charge in [0.05, 0.1) is 4.90 Å². The maximum Gasteiger partial charge on any atom is 0.242 e. The van der Waals surface area contributed by atoms with Crippen molar-refractivity contribution >= 4 is 21.6 Å². The van der Waals surface area contributed by atoms with E-state index in [1.54, 1.807) is 12.1 Å².